The lowest BCUT2D eigenvalue weighted by molar-refractivity contribution is 0.488. The Labute approximate surface area is 405 Å². The fourth-order valence-electron chi connectivity index (χ4n) is 12.3. The molecule has 0 N–H and O–H groups in total. The highest BCUT2D eigenvalue weighted by molar-refractivity contribution is 6.16. The van der Waals surface area contributed by atoms with Crippen molar-refractivity contribution >= 4 is 39.0 Å². The van der Waals surface area contributed by atoms with Crippen LogP contribution in [0.2, 0.25) is 0 Å². The van der Waals surface area contributed by atoms with Gasteiger partial charge < -0.3 is 14.1 Å². The SMILES string of the molecule is c1ccc(-c2ccccc2N(c2ccc3c(c2)-c2ccccc2-c2ccccc2O3)c2ccc3c(c2)C2(c4ccccc4-c4ccccc4-3)c3ccccc3-c3c2ccc2oc4ccccc4c32)cc1. The predicted molar refractivity (Wildman–Crippen MR) is 287 cm³/mol. The molecule has 1 aliphatic heterocycles. The van der Waals surface area contributed by atoms with Crippen LogP contribution in [0.3, 0.4) is 0 Å². The Hall–Kier alpha value is -9.18. The van der Waals surface area contributed by atoms with Crippen LogP contribution < -0.4 is 9.64 Å². The minimum absolute atomic E-state index is 0.726. The summed E-state index contributed by atoms with van der Waals surface area (Å²) >= 11 is 0. The number of hydrogen-bond donors (Lipinski definition) is 0. The van der Waals surface area contributed by atoms with Crippen molar-refractivity contribution in [2.45, 2.75) is 5.41 Å². The molecule has 3 heteroatoms. The van der Waals surface area contributed by atoms with Gasteiger partial charge in [-0.2, -0.15) is 0 Å². The van der Waals surface area contributed by atoms with E-state index in [2.05, 4.69) is 248 Å². The monoisotopic (exact) mass is 891 g/mol. The van der Waals surface area contributed by atoms with Gasteiger partial charge in [-0.3, -0.25) is 0 Å². The average Bonchev–Trinajstić information content (AvgIpc) is 3.87. The lowest BCUT2D eigenvalue weighted by Gasteiger charge is -2.36. The van der Waals surface area contributed by atoms with Crippen LogP contribution in [0.5, 0.6) is 11.5 Å². The first-order chi connectivity index (χ1) is 34.7. The van der Waals surface area contributed by atoms with Gasteiger partial charge in [0.2, 0.25) is 0 Å². The maximum Gasteiger partial charge on any atom is 0.136 e. The summed E-state index contributed by atoms with van der Waals surface area (Å²) in [6.07, 6.45) is 0. The van der Waals surface area contributed by atoms with Crippen molar-refractivity contribution in [3.63, 3.8) is 0 Å². The molecule has 0 radical (unpaired) electrons. The molecule has 2 heterocycles. The largest absolute Gasteiger partial charge is 0.456 e. The molecule has 0 saturated heterocycles. The van der Waals surface area contributed by atoms with Crippen molar-refractivity contribution in [2.75, 3.05) is 4.90 Å². The van der Waals surface area contributed by atoms with Crippen LogP contribution in [0.4, 0.5) is 17.1 Å². The number of hydrogen-bond acceptors (Lipinski definition) is 3. The lowest BCUT2D eigenvalue weighted by Crippen LogP contribution is -2.29. The molecular weight excluding hydrogens is 851 g/mol. The van der Waals surface area contributed by atoms with Crippen LogP contribution in [-0.2, 0) is 5.41 Å². The zero-order chi connectivity index (χ0) is 45.9. The van der Waals surface area contributed by atoms with Crippen molar-refractivity contribution in [1.29, 1.82) is 0 Å². The Morgan fingerprint density at radius 1 is 0.314 bits per heavy atom. The number of nitrogens with zero attached hydrogens (tertiary/aromatic N) is 1. The molecule has 3 nitrogen and oxygen atoms in total. The van der Waals surface area contributed by atoms with Gasteiger partial charge in [0.05, 0.1) is 11.1 Å². The number of rotatable bonds is 4. The average molecular weight is 892 g/mol. The predicted octanol–water partition coefficient (Wildman–Crippen LogP) is 18.2. The van der Waals surface area contributed by atoms with E-state index in [0.717, 1.165) is 83.9 Å². The van der Waals surface area contributed by atoms with Crippen molar-refractivity contribution in [1.82, 2.24) is 0 Å². The minimum atomic E-state index is -0.726. The van der Waals surface area contributed by atoms with Crippen molar-refractivity contribution in [2.24, 2.45) is 0 Å². The molecular formula is C67H41NO2. The van der Waals surface area contributed by atoms with Crippen molar-refractivity contribution in [3.8, 4) is 78.3 Å². The quantitative estimate of drug-likeness (QED) is 0.176. The van der Waals surface area contributed by atoms with E-state index in [0.29, 0.717) is 0 Å². The van der Waals surface area contributed by atoms with Crippen LogP contribution in [0.1, 0.15) is 22.3 Å². The van der Waals surface area contributed by atoms with E-state index in [4.69, 9.17) is 9.15 Å². The van der Waals surface area contributed by atoms with E-state index in [1.54, 1.807) is 0 Å². The van der Waals surface area contributed by atoms with Crippen LogP contribution in [0, 0.1) is 0 Å². The highest BCUT2D eigenvalue weighted by Gasteiger charge is 2.51. The molecule has 3 aliphatic rings. The number of anilines is 3. The maximum atomic E-state index is 6.84. The Balaban J connectivity index is 1.06. The lowest BCUT2D eigenvalue weighted by atomic mass is 9.65. The van der Waals surface area contributed by atoms with Crippen LogP contribution >= 0.6 is 0 Å². The molecule has 0 saturated carbocycles. The fraction of sp³-hybridized carbons (Fsp3) is 0.0149. The Morgan fingerprint density at radius 3 is 1.64 bits per heavy atom. The van der Waals surface area contributed by atoms with Gasteiger partial charge in [-0.1, -0.05) is 194 Å². The number of fused-ring (bicyclic) bond motifs is 21. The van der Waals surface area contributed by atoms with Crippen molar-refractivity contribution in [3.05, 3.63) is 271 Å². The fourth-order valence-corrected chi connectivity index (χ4v) is 12.3. The molecule has 70 heavy (non-hydrogen) atoms. The summed E-state index contributed by atoms with van der Waals surface area (Å²) in [5.41, 5.74) is 23.2. The Kier molecular flexibility index (Phi) is 8.28. The van der Waals surface area contributed by atoms with Gasteiger partial charge in [-0.15, -0.1) is 0 Å². The van der Waals surface area contributed by atoms with E-state index >= 15 is 0 Å². The molecule has 2 aliphatic carbocycles. The first kappa shape index (κ1) is 38.9. The number of ether oxygens (including phenoxy) is 1. The van der Waals surface area contributed by atoms with Gasteiger partial charge in [0.25, 0.3) is 0 Å². The summed E-state index contributed by atoms with van der Waals surface area (Å²) in [6, 6.07) is 90.8. The summed E-state index contributed by atoms with van der Waals surface area (Å²) in [7, 11) is 0. The number of furan rings is 1. The number of para-hydroxylation sites is 3. The normalized spacial score (nSPS) is 14.5. The van der Waals surface area contributed by atoms with Gasteiger partial charge in [0.1, 0.15) is 22.7 Å². The minimum Gasteiger partial charge on any atom is -0.456 e. The Bertz CT molecular complexity index is 4130. The van der Waals surface area contributed by atoms with Gasteiger partial charge in [-0.25, -0.2) is 0 Å². The van der Waals surface area contributed by atoms with Crippen molar-refractivity contribution < 1.29 is 9.15 Å². The third kappa shape index (κ3) is 5.40. The third-order valence-electron chi connectivity index (χ3n) is 15.1. The first-order valence-electron chi connectivity index (χ1n) is 24.1. The molecule has 1 atom stereocenters. The maximum absolute atomic E-state index is 6.84. The smallest absolute Gasteiger partial charge is 0.136 e. The molecule has 0 bridgehead atoms. The van der Waals surface area contributed by atoms with Crippen LogP contribution in [0.15, 0.2) is 253 Å². The van der Waals surface area contributed by atoms with Gasteiger partial charge in [0, 0.05) is 38.8 Å². The molecule has 15 rings (SSSR count). The molecule has 11 aromatic carbocycles. The standard InChI is InChI=1S/C67H41NO2/c1-2-18-42(19-3-1)45-20-10-15-31-60(45)68(43-35-38-63-55(40-43)49-24-7-6-23-48(49)52-26-11-16-32-61(52)69-63)44-34-36-51-47-22-5-4-21-46(47)50-25-8-13-29-56(50)67(59(51)41-44)57-30-14-9-27-53(57)65-58(67)37-39-64-66(65)54-28-12-17-33-62(54)70-64/h1-41H. The molecule has 1 unspecified atom stereocenters. The van der Waals surface area contributed by atoms with Gasteiger partial charge >= 0.3 is 0 Å². The first-order valence-corrected chi connectivity index (χ1v) is 24.1. The van der Waals surface area contributed by atoms with E-state index in [1.165, 1.54) is 55.6 Å². The summed E-state index contributed by atoms with van der Waals surface area (Å²) in [6.45, 7) is 0. The molecule has 1 aromatic heterocycles. The number of benzene rings is 11. The third-order valence-corrected chi connectivity index (χ3v) is 15.1. The van der Waals surface area contributed by atoms with Gasteiger partial charge in [0.15, 0.2) is 0 Å². The summed E-state index contributed by atoms with van der Waals surface area (Å²) < 4.78 is 13.5. The summed E-state index contributed by atoms with van der Waals surface area (Å²) in [4.78, 5) is 2.47. The van der Waals surface area contributed by atoms with E-state index in [-0.39, 0.29) is 0 Å². The highest BCUT2D eigenvalue weighted by atomic mass is 16.5. The molecule has 1 spiro atoms. The second-order valence-corrected chi connectivity index (χ2v) is 18.6. The summed E-state index contributed by atoms with van der Waals surface area (Å²) in [5.74, 6) is 1.67. The van der Waals surface area contributed by atoms with Crippen LogP contribution in [-0.4, -0.2) is 0 Å². The van der Waals surface area contributed by atoms with E-state index < -0.39 is 5.41 Å². The molecule has 12 aromatic rings. The second-order valence-electron chi connectivity index (χ2n) is 18.6. The topological polar surface area (TPSA) is 25.6 Å². The highest BCUT2D eigenvalue weighted by Crippen LogP contribution is 2.64. The van der Waals surface area contributed by atoms with E-state index in [9.17, 15) is 0 Å². The second kappa shape index (κ2) is 14.9. The zero-order valence-corrected chi connectivity index (χ0v) is 37.9. The van der Waals surface area contributed by atoms with E-state index in [1.807, 2.05) is 6.07 Å². The van der Waals surface area contributed by atoms with Crippen LogP contribution in [0.25, 0.3) is 88.7 Å². The molecule has 0 amide bonds. The Morgan fingerprint density at radius 2 is 0.857 bits per heavy atom. The summed E-state index contributed by atoms with van der Waals surface area (Å²) in [5, 5.41) is 2.28. The van der Waals surface area contributed by atoms with Gasteiger partial charge in [-0.05, 0) is 127 Å². The molecule has 0 fully saturated rings. The zero-order valence-electron chi connectivity index (χ0n) is 37.9. The molecule has 326 valence electrons.